The van der Waals surface area contributed by atoms with E-state index in [1.54, 1.807) is 18.4 Å². The van der Waals surface area contributed by atoms with Crippen LogP contribution >= 0.6 is 11.3 Å². The summed E-state index contributed by atoms with van der Waals surface area (Å²) in [5, 5.41) is 6.82. The molecular weight excluding hydrogens is 432 g/mol. The van der Waals surface area contributed by atoms with Crippen LogP contribution in [0.15, 0.2) is 78.3 Å². The van der Waals surface area contributed by atoms with Gasteiger partial charge in [-0.15, -0.1) is 11.3 Å². The molecule has 2 aromatic carbocycles. The van der Waals surface area contributed by atoms with E-state index in [2.05, 4.69) is 23.1 Å². The normalized spacial score (nSPS) is 13.8. The molecule has 0 aliphatic carbocycles. The van der Waals surface area contributed by atoms with Crippen LogP contribution in [0.1, 0.15) is 15.9 Å². The lowest BCUT2D eigenvalue weighted by Gasteiger charge is -2.36. The molecule has 0 bridgehead atoms. The number of hydrogen-bond acceptors (Lipinski definition) is 5. The first-order valence-corrected chi connectivity index (χ1v) is 11.9. The summed E-state index contributed by atoms with van der Waals surface area (Å²) in [6.07, 6.45) is 1.90. The van der Waals surface area contributed by atoms with Crippen LogP contribution in [0.25, 0.3) is 10.6 Å². The predicted octanol–water partition coefficient (Wildman–Crippen LogP) is 4.63. The molecule has 0 saturated carbocycles. The molecule has 2 aromatic heterocycles. The third kappa shape index (κ3) is 4.50. The van der Waals surface area contributed by atoms with E-state index in [0.29, 0.717) is 25.2 Å². The minimum Gasteiger partial charge on any atom is -0.495 e. The lowest BCUT2D eigenvalue weighted by atomic mass is 10.1. The molecule has 3 heterocycles. The molecule has 4 aromatic rings. The van der Waals surface area contributed by atoms with Crippen LogP contribution in [0, 0.1) is 0 Å². The minimum atomic E-state index is 0.0392. The molecule has 0 N–H and O–H groups in total. The van der Waals surface area contributed by atoms with Crippen LogP contribution in [0.5, 0.6) is 5.75 Å². The first kappa shape index (κ1) is 21.3. The van der Waals surface area contributed by atoms with Crippen molar-refractivity contribution in [1.82, 2.24) is 14.7 Å². The highest BCUT2D eigenvalue weighted by Gasteiger charge is 2.27. The number of amides is 1. The SMILES string of the molecule is COc1ccccc1N1CCN(C(=O)c2cn(Cc3ccccc3)nc2-c2cccs2)CC1. The fourth-order valence-corrected chi connectivity index (χ4v) is 4.96. The van der Waals surface area contributed by atoms with Crippen molar-refractivity contribution in [2.24, 2.45) is 0 Å². The van der Waals surface area contributed by atoms with Gasteiger partial charge in [-0.05, 0) is 29.1 Å². The topological polar surface area (TPSA) is 50.6 Å². The number of ether oxygens (including phenoxy) is 1. The van der Waals surface area contributed by atoms with Gasteiger partial charge in [0.1, 0.15) is 11.4 Å². The van der Waals surface area contributed by atoms with Gasteiger partial charge >= 0.3 is 0 Å². The number of rotatable bonds is 6. The number of carbonyl (C=O) groups is 1. The summed E-state index contributed by atoms with van der Waals surface area (Å²) in [6.45, 7) is 3.47. The summed E-state index contributed by atoms with van der Waals surface area (Å²) in [5.74, 6) is 0.900. The van der Waals surface area contributed by atoms with Crippen LogP contribution in [-0.2, 0) is 6.54 Å². The number of hydrogen-bond donors (Lipinski definition) is 0. The van der Waals surface area contributed by atoms with Gasteiger partial charge < -0.3 is 14.5 Å². The standard InChI is InChI=1S/C26H26N4O2S/c1-32-23-11-6-5-10-22(23)28-13-15-29(16-14-28)26(31)21-19-30(18-20-8-3-2-4-9-20)27-25(21)24-12-7-17-33-24/h2-12,17,19H,13-16,18H2,1H3. The Bertz CT molecular complexity index is 1210. The van der Waals surface area contributed by atoms with Gasteiger partial charge in [0.15, 0.2) is 0 Å². The van der Waals surface area contributed by atoms with E-state index in [4.69, 9.17) is 9.84 Å². The number of nitrogens with zero attached hydrogens (tertiary/aromatic N) is 4. The van der Waals surface area contributed by atoms with Crippen molar-refractivity contribution in [3.63, 3.8) is 0 Å². The third-order valence-electron chi connectivity index (χ3n) is 5.93. The Hall–Kier alpha value is -3.58. The number of carbonyl (C=O) groups excluding carboxylic acids is 1. The van der Waals surface area contributed by atoms with Crippen molar-refractivity contribution < 1.29 is 9.53 Å². The first-order valence-electron chi connectivity index (χ1n) is 11.1. The number of aromatic nitrogens is 2. The zero-order valence-electron chi connectivity index (χ0n) is 18.6. The predicted molar refractivity (Wildman–Crippen MR) is 132 cm³/mol. The monoisotopic (exact) mass is 458 g/mol. The van der Waals surface area contributed by atoms with E-state index in [9.17, 15) is 4.79 Å². The molecule has 0 atom stereocenters. The molecule has 33 heavy (non-hydrogen) atoms. The number of piperazine rings is 1. The lowest BCUT2D eigenvalue weighted by molar-refractivity contribution is 0.0747. The van der Waals surface area contributed by atoms with Crippen LogP contribution < -0.4 is 9.64 Å². The zero-order valence-corrected chi connectivity index (χ0v) is 19.4. The van der Waals surface area contributed by atoms with Gasteiger partial charge in [0, 0.05) is 32.4 Å². The van der Waals surface area contributed by atoms with Gasteiger partial charge in [0.05, 0.1) is 29.8 Å². The highest BCUT2D eigenvalue weighted by Crippen LogP contribution is 2.30. The van der Waals surface area contributed by atoms with Crippen LogP contribution in [0.4, 0.5) is 5.69 Å². The summed E-state index contributed by atoms with van der Waals surface area (Å²) < 4.78 is 7.40. The first-order chi connectivity index (χ1) is 16.2. The van der Waals surface area contributed by atoms with Gasteiger partial charge in [-0.1, -0.05) is 48.5 Å². The number of benzene rings is 2. The Morgan fingerprint density at radius 2 is 1.73 bits per heavy atom. The van der Waals surface area contributed by atoms with E-state index in [1.165, 1.54) is 0 Å². The third-order valence-corrected chi connectivity index (χ3v) is 6.80. The van der Waals surface area contributed by atoms with Crippen LogP contribution in [-0.4, -0.2) is 53.9 Å². The summed E-state index contributed by atoms with van der Waals surface area (Å²) in [7, 11) is 1.69. The molecule has 5 rings (SSSR count). The Morgan fingerprint density at radius 1 is 0.970 bits per heavy atom. The van der Waals surface area contributed by atoms with Gasteiger partial charge in [-0.2, -0.15) is 5.10 Å². The quantitative estimate of drug-likeness (QED) is 0.423. The van der Waals surface area contributed by atoms with E-state index in [0.717, 1.165) is 40.7 Å². The molecule has 7 heteroatoms. The number of thiophene rings is 1. The molecule has 6 nitrogen and oxygen atoms in total. The van der Waals surface area contributed by atoms with Crippen molar-refractivity contribution in [2.45, 2.75) is 6.54 Å². The van der Waals surface area contributed by atoms with E-state index >= 15 is 0 Å². The summed E-state index contributed by atoms with van der Waals surface area (Å²) in [6, 6.07) is 22.2. The van der Waals surface area contributed by atoms with Crippen molar-refractivity contribution in [1.29, 1.82) is 0 Å². The average Bonchev–Trinajstić information content (AvgIpc) is 3.54. The van der Waals surface area contributed by atoms with E-state index < -0.39 is 0 Å². The minimum absolute atomic E-state index is 0.0392. The Balaban J connectivity index is 1.36. The highest BCUT2D eigenvalue weighted by molar-refractivity contribution is 7.13. The van der Waals surface area contributed by atoms with Crippen molar-refractivity contribution in [2.75, 3.05) is 38.2 Å². The fourth-order valence-electron chi connectivity index (χ4n) is 4.24. The molecule has 1 amide bonds. The maximum absolute atomic E-state index is 13.6. The average molecular weight is 459 g/mol. The Kier molecular flexibility index (Phi) is 6.13. The second kappa shape index (κ2) is 9.50. The molecule has 1 fully saturated rings. The summed E-state index contributed by atoms with van der Waals surface area (Å²) in [5.41, 5.74) is 3.65. The van der Waals surface area contributed by atoms with Crippen LogP contribution in [0.2, 0.25) is 0 Å². The lowest BCUT2D eigenvalue weighted by Crippen LogP contribution is -2.48. The number of para-hydroxylation sites is 2. The van der Waals surface area contributed by atoms with Gasteiger partial charge in [0.2, 0.25) is 0 Å². The van der Waals surface area contributed by atoms with Crippen molar-refractivity contribution in [3.05, 3.63) is 89.4 Å². The Morgan fingerprint density at radius 3 is 2.45 bits per heavy atom. The summed E-state index contributed by atoms with van der Waals surface area (Å²) >= 11 is 1.61. The molecule has 1 aliphatic heterocycles. The van der Waals surface area contributed by atoms with Crippen LogP contribution in [0.3, 0.4) is 0 Å². The molecule has 0 radical (unpaired) electrons. The molecule has 0 spiro atoms. The number of anilines is 1. The van der Waals surface area contributed by atoms with Crippen molar-refractivity contribution in [3.8, 4) is 16.3 Å². The van der Waals surface area contributed by atoms with Crippen molar-refractivity contribution >= 4 is 22.9 Å². The van der Waals surface area contributed by atoms with E-state index in [1.807, 2.05) is 69.7 Å². The van der Waals surface area contributed by atoms with Gasteiger partial charge in [-0.25, -0.2) is 0 Å². The fraction of sp³-hybridized carbons (Fsp3) is 0.231. The second-order valence-electron chi connectivity index (χ2n) is 8.00. The zero-order chi connectivity index (χ0) is 22.6. The maximum atomic E-state index is 13.6. The largest absolute Gasteiger partial charge is 0.495 e. The van der Waals surface area contributed by atoms with E-state index in [-0.39, 0.29) is 5.91 Å². The number of methoxy groups -OCH3 is 1. The molecule has 0 unspecified atom stereocenters. The maximum Gasteiger partial charge on any atom is 0.257 e. The van der Waals surface area contributed by atoms with Gasteiger partial charge in [-0.3, -0.25) is 9.48 Å². The molecular formula is C26H26N4O2S. The molecule has 1 saturated heterocycles. The Labute approximate surface area is 197 Å². The molecule has 168 valence electrons. The summed E-state index contributed by atoms with van der Waals surface area (Å²) in [4.78, 5) is 18.8. The molecule has 1 aliphatic rings. The second-order valence-corrected chi connectivity index (χ2v) is 8.95. The smallest absolute Gasteiger partial charge is 0.257 e. The van der Waals surface area contributed by atoms with Gasteiger partial charge in [0.25, 0.3) is 5.91 Å². The highest BCUT2D eigenvalue weighted by atomic mass is 32.1.